The Labute approximate surface area is 104 Å². The number of carboxylic acids is 2. The summed E-state index contributed by atoms with van der Waals surface area (Å²) in [4.78, 5) is 35.7. The van der Waals surface area contributed by atoms with E-state index in [9.17, 15) is 18.8 Å². The van der Waals surface area contributed by atoms with Crippen LogP contribution in [-0.2, 0) is 9.59 Å². The van der Waals surface area contributed by atoms with Gasteiger partial charge in [0.25, 0.3) is 0 Å². The fourth-order valence-corrected chi connectivity index (χ4v) is 1.87. The summed E-state index contributed by atoms with van der Waals surface area (Å²) in [5.74, 6) is -3.39. The molecule has 0 aliphatic carbocycles. The smallest absolute Gasteiger partial charge is 0.327 e. The Balaban J connectivity index is 2.65. The molecule has 0 aliphatic heterocycles. The second-order valence-corrected chi connectivity index (χ2v) is 3.91. The van der Waals surface area contributed by atoms with Crippen molar-refractivity contribution in [3.8, 4) is 0 Å². The summed E-state index contributed by atoms with van der Waals surface area (Å²) in [5, 5.41) is 17.7. The topological polar surface area (TPSA) is 112 Å². The SMILES string of the molecule is O=C(O)CC(C(=O)O)n1c(=O)[nH]c2cc(F)ccc21. The highest BCUT2D eigenvalue weighted by atomic mass is 19.1. The van der Waals surface area contributed by atoms with Gasteiger partial charge in [0.15, 0.2) is 0 Å². The average Bonchev–Trinajstić information content (AvgIpc) is 2.60. The maximum Gasteiger partial charge on any atom is 0.327 e. The van der Waals surface area contributed by atoms with E-state index in [2.05, 4.69) is 4.98 Å². The minimum Gasteiger partial charge on any atom is -0.481 e. The van der Waals surface area contributed by atoms with Gasteiger partial charge in [0.1, 0.15) is 11.9 Å². The predicted octanol–water partition coefficient (Wildman–Crippen LogP) is 0.569. The van der Waals surface area contributed by atoms with Gasteiger partial charge in [0.05, 0.1) is 17.5 Å². The number of aromatic amines is 1. The monoisotopic (exact) mass is 268 g/mol. The average molecular weight is 268 g/mol. The maximum absolute atomic E-state index is 13.0. The Hall–Kier alpha value is -2.64. The number of imidazole rings is 1. The lowest BCUT2D eigenvalue weighted by Crippen LogP contribution is -2.29. The van der Waals surface area contributed by atoms with E-state index in [1.54, 1.807) is 0 Å². The van der Waals surface area contributed by atoms with Crippen molar-refractivity contribution in [1.82, 2.24) is 9.55 Å². The Kier molecular flexibility index (Phi) is 3.07. The number of aromatic nitrogens is 2. The number of carbonyl (C=O) groups is 2. The van der Waals surface area contributed by atoms with Crippen LogP contribution in [-0.4, -0.2) is 31.7 Å². The number of nitrogens with zero attached hydrogens (tertiary/aromatic N) is 1. The molecule has 19 heavy (non-hydrogen) atoms. The first kappa shape index (κ1) is 12.8. The van der Waals surface area contributed by atoms with E-state index < -0.39 is 35.9 Å². The van der Waals surface area contributed by atoms with Crippen molar-refractivity contribution in [3.05, 3.63) is 34.5 Å². The number of fused-ring (bicyclic) bond motifs is 1. The third kappa shape index (κ3) is 2.32. The summed E-state index contributed by atoms with van der Waals surface area (Å²) in [6.45, 7) is 0. The lowest BCUT2D eigenvalue weighted by Gasteiger charge is -2.11. The number of rotatable bonds is 4. The van der Waals surface area contributed by atoms with Crippen LogP contribution in [0.4, 0.5) is 4.39 Å². The first-order chi connectivity index (χ1) is 8.90. The molecular formula is C11H9FN2O5. The number of carboxylic acid groups (broad SMARTS) is 2. The van der Waals surface area contributed by atoms with E-state index in [4.69, 9.17) is 10.2 Å². The van der Waals surface area contributed by atoms with Crippen molar-refractivity contribution in [2.45, 2.75) is 12.5 Å². The van der Waals surface area contributed by atoms with Gasteiger partial charge in [-0.2, -0.15) is 0 Å². The number of hydrogen-bond acceptors (Lipinski definition) is 3. The molecule has 3 N–H and O–H groups in total. The lowest BCUT2D eigenvalue weighted by atomic mass is 10.2. The van der Waals surface area contributed by atoms with E-state index in [1.165, 1.54) is 6.07 Å². The molecule has 1 aromatic heterocycles. The molecule has 100 valence electrons. The van der Waals surface area contributed by atoms with Crippen LogP contribution in [0.2, 0.25) is 0 Å². The molecule has 0 aliphatic rings. The molecule has 1 heterocycles. The fraction of sp³-hybridized carbons (Fsp3) is 0.182. The zero-order valence-electron chi connectivity index (χ0n) is 9.46. The Morgan fingerprint density at radius 3 is 2.63 bits per heavy atom. The van der Waals surface area contributed by atoms with Crippen LogP contribution in [0.25, 0.3) is 11.0 Å². The zero-order valence-corrected chi connectivity index (χ0v) is 9.46. The quantitative estimate of drug-likeness (QED) is 0.750. The molecule has 0 saturated heterocycles. The van der Waals surface area contributed by atoms with Gasteiger partial charge in [0, 0.05) is 0 Å². The van der Waals surface area contributed by atoms with Crippen molar-refractivity contribution < 1.29 is 24.2 Å². The van der Waals surface area contributed by atoms with E-state index in [0.717, 1.165) is 16.7 Å². The minimum absolute atomic E-state index is 0.113. The standard InChI is InChI=1S/C11H9FN2O5/c12-5-1-2-7-6(3-5)13-11(19)14(7)8(10(17)18)4-9(15)16/h1-3,8H,4H2,(H,13,19)(H,15,16)(H,17,18). The molecule has 0 bridgehead atoms. The summed E-state index contributed by atoms with van der Waals surface area (Å²) >= 11 is 0. The van der Waals surface area contributed by atoms with Gasteiger partial charge in [0.2, 0.25) is 0 Å². The van der Waals surface area contributed by atoms with Crippen LogP contribution in [0.15, 0.2) is 23.0 Å². The van der Waals surface area contributed by atoms with Crippen molar-refractivity contribution in [2.75, 3.05) is 0 Å². The summed E-state index contributed by atoms with van der Waals surface area (Å²) in [5.41, 5.74) is -0.545. The first-order valence-electron chi connectivity index (χ1n) is 5.24. The van der Waals surface area contributed by atoms with E-state index in [-0.39, 0.29) is 11.0 Å². The highest BCUT2D eigenvalue weighted by Crippen LogP contribution is 2.18. The largest absolute Gasteiger partial charge is 0.481 e. The van der Waals surface area contributed by atoms with Crippen molar-refractivity contribution in [3.63, 3.8) is 0 Å². The van der Waals surface area contributed by atoms with Gasteiger partial charge in [-0.3, -0.25) is 9.36 Å². The number of benzene rings is 1. The number of nitrogens with one attached hydrogen (secondary N) is 1. The van der Waals surface area contributed by atoms with Gasteiger partial charge >= 0.3 is 17.6 Å². The molecule has 7 nitrogen and oxygen atoms in total. The first-order valence-corrected chi connectivity index (χ1v) is 5.24. The summed E-state index contributed by atoms with van der Waals surface area (Å²) < 4.78 is 13.8. The lowest BCUT2D eigenvalue weighted by molar-refractivity contribution is -0.147. The van der Waals surface area contributed by atoms with Crippen LogP contribution >= 0.6 is 0 Å². The molecule has 2 rings (SSSR count). The molecule has 1 atom stereocenters. The van der Waals surface area contributed by atoms with Crippen LogP contribution in [0, 0.1) is 5.82 Å². The maximum atomic E-state index is 13.0. The second-order valence-electron chi connectivity index (χ2n) is 3.91. The highest BCUT2D eigenvalue weighted by molar-refractivity contribution is 5.83. The zero-order chi connectivity index (χ0) is 14.2. The molecule has 8 heteroatoms. The van der Waals surface area contributed by atoms with Crippen molar-refractivity contribution in [1.29, 1.82) is 0 Å². The molecule has 0 spiro atoms. The number of H-pyrrole nitrogens is 1. The molecule has 0 saturated carbocycles. The molecule has 0 radical (unpaired) electrons. The third-order valence-electron chi connectivity index (χ3n) is 2.64. The Bertz CT molecular complexity index is 717. The van der Waals surface area contributed by atoms with Gasteiger partial charge in [-0.25, -0.2) is 14.0 Å². The molecule has 0 fully saturated rings. The number of aliphatic carboxylic acids is 2. The predicted molar refractivity (Wildman–Crippen MR) is 61.4 cm³/mol. The van der Waals surface area contributed by atoms with E-state index in [0.29, 0.717) is 0 Å². The molecule has 1 unspecified atom stereocenters. The van der Waals surface area contributed by atoms with Crippen LogP contribution in [0.3, 0.4) is 0 Å². The van der Waals surface area contributed by atoms with Crippen LogP contribution in [0.1, 0.15) is 12.5 Å². The van der Waals surface area contributed by atoms with E-state index in [1.807, 2.05) is 0 Å². The summed E-state index contributed by atoms with van der Waals surface area (Å²) in [6, 6.07) is 1.77. The summed E-state index contributed by atoms with van der Waals surface area (Å²) in [7, 11) is 0. The molecule has 1 aromatic carbocycles. The molecular weight excluding hydrogens is 259 g/mol. The molecule has 2 aromatic rings. The third-order valence-corrected chi connectivity index (χ3v) is 2.64. The Morgan fingerprint density at radius 1 is 1.37 bits per heavy atom. The second kappa shape index (κ2) is 4.56. The van der Waals surface area contributed by atoms with Gasteiger partial charge in [-0.05, 0) is 18.2 Å². The van der Waals surface area contributed by atoms with Crippen molar-refractivity contribution >= 4 is 23.0 Å². The van der Waals surface area contributed by atoms with Gasteiger partial charge in [-0.1, -0.05) is 0 Å². The van der Waals surface area contributed by atoms with E-state index >= 15 is 0 Å². The Morgan fingerprint density at radius 2 is 2.05 bits per heavy atom. The minimum atomic E-state index is -1.55. The highest BCUT2D eigenvalue weighted by Gasteiger charge is 2.26. The van der Waals surface area contributed by atoms with Crippen LogP contribution < -0.4 is 5.69 Å². The molecule has 0 amide bonds. The van der Waals surface area contributed by atoms with Gasteiger partial charge < -0.3 is 15.2 Å². The summed E-state index contributed by atoms with van der Waals surface area (Å²) in [6.07, 6.45) is -0.750. The van der Waals surface area contributed by atoms with Gasteiger partial charge in [-0.15, -0.1) is 0 Å². The van der Waals surface area contributed by atoms with Crippen molar-refractivity contribution in [2.24, 2.45) is 0 Å². The van der Waals surface area contributed by atoms with Crippen LogP contribution in [0.5, 0.6) is 0 Å². The number of halogens is 1. The number of hydrogen-bond donors (Lipinski definition) is 3. The fourth-order valence-electron chi connectivity index (χ4n) is 1.87. The normalized spacial score (nSPS) is 12.5.